The number of benzene rings is 2. The minimum Gasteiger partial charge on any atom is -0.508 e. The second kappa shape index (κ2) is 6.08. The van der Waals surface area contributed by atoms with Crippen LogP contribution < -0.4 is 4.90 Å². The predicted molar refractivity (Wildman–Crippen MR) is 88.9 cm³/mol. The second-order valence-corrected chi connectivity index (χ2v) is 5.99. The number of carbonyl (C=O) groups excluding carboxylic acids is 1. The standard InChI is InChI=1S/C18H17FN2O4/c1-18(16(23)24,12-3-2-4-15(22)11-12)21-10-9-20(17(21)25)14-7-5-13(19)6-8-14/h2-8,11,22H,9-10H2,1H3,(H,23,24). The van der Waals surface area contributed by atoms with Crippen LogP contribution in [0.4, 0.5) is 14.9 Å². The summed E-state index contributed by atoms with van der Waals surface area (Å²) in [6.07, 6.45) is 0. The zero-order chi connectivity index (χ0) is 18.2. The molecule has 1 fully saturated rings. The summed E-state index contributed by atoms with van der Waals surface area (Å²) in [6.45, 7) is 1.90. The highest BCUT2D eigenvalue weighted by molar-refractivity contribution is 5.98. The first kappa shape index (κ1) is 16.8. The molecule has 25 heavy (non-hydrogen) atoms. The van der Waals surface area contributed by atoms with Crippen molar-refractivity contribution in [2.75, 3.05) is 18.0 Å². The van der Waals surface area contributed by atoms with Crippen LogP contribution >= 0.6 is 0 Å². The Kier molecular flexibility index (Phi) is 4.08. The molecule has 0 saturated carbocycles. The smallest absolute Gasteiger partial charge is 0.334 e. The van der Waals surface area contributed by atoms with Gasteiger partial charge in [-0.2, -0.15) is 0 Å². The number of carboxylic acids is 1. The van der Waals surface area contributed by atoms with Crippen molar-refractivity contribution < 1.29 is 24.2 Å². The number of carbonyl (C=O) groups is 2. The fourth-order valence-corrected chi connectivity index (χ4v) is 3.02. The molecule has 1 aliphatic heterocycles. The van der Waals surface area contributed by atoms with Crippen LogP contribution in [-0.2, 0) is 10.3 Å². The lowest BCUT2D eigenvalue weighted by Crippen LogP contribution is -2.51. The van der Waals surface area contributed by atoms with E-state index in [9.17, 15) is 24.2 Å². The molecule has 1 aliphatic rings. The number of phenolic OH excluding ortho intramolecular Hbond substituents is 1. The highest BCUT2D eigenvalue weighted by atomic mass is 19.1. The molecule has 1 atom stereocenters. The third-order valence-corrected chi connectivity index (χ3v) is 4.51. The zero-order valence-electron chi connectivity index (χ0n) is 13.5. The Hall–Kier alpha value is -3.09. The third-order valence-electron chi connectivity index (χ3n) is 4.51. The number of rotatable bonds is 4. The van der Waals surface area contributed by atoms with Crippen LogP contribution in [0.25, 0.3) is 0 Å². The summed E-state index contributed by atoms with van der Waals surface area (Å²) in [7, 11) is 0. The molecular formula is C18H17FN2O4. The average Bonchev–Trinajstić information content (AvgIpc) is 2.96. The van der Waals surface area contributed by atoms with E-state index in [4.69, 9.17) is 0 Å². The Morgan fingerprint density at radius 3 is 2.44 bits per heavy atom. The maximum Gasteiger partial charge on any atom is 0.334 e. The monoisotopic (exact) mass is 344 g/mol. The summed E-state index contributed by atoms with van der Waals surface area (Å²) in [5.41, 5.74) is -0.836. The number of anilines is 1. The molecule has 6 nitrogen and oxygen atoms in total. The van der Waals surface area contributed by atoms with Crippen LogP contribution in [0.3, 0.4) is 0 Å². The van der Waals surface area contributed by atoms with Gasteiger partial charge in [-0.05, 0) is 48.9 Å². The topological polar surface area (TPSA) is 81.1 Å². The van der Waals surface area contributed by atoms with Crippen molar-refractivity contribution in [3.05, 3.63) is 59.9 Å². The van der Waals surface area contributed by atoms with E-state index in [1.54, 1.807) is 6.07 Å². The van der Waals surface area contributed by atoms with Gasteiger partial charge in [-0.3, -0.25) is 4.90 Å². The molecule has 2 amide bonds. The molecule has 0 aliphatic carbocycles. The van der Waals surface area contributed by atoms with Gasteiger partial charge in [0.1, 0.15) is 11.6 Å². The number of urea groups is 1. The van der Waals surface area contributed by atoms with Gasteiger partial charge in [-0.15, -0.1) is 0 Å². The van der Waals surface area contributed by atoms with E-state index in [0.29, 0.717) is 11.3 Å². The van der Waals surface area contributed by atoms with E-state index < -0.39 is 23.4 Å². The third kappa shape index (κ3) is 2.77. The zero-order valence-corrected chi connectivity index (χ0v) is 13.5. The molecule has 1 saturated heterocycles. The summed E-state index contributed by atoms with van der Waals surface area (Å²) in [4.78, 5) is 27.5. The van der Waals surface area contributed by atoms with Crippen molar-refractivity contribution in [2.24, 2.45) is 0 Å². The van der Waals surface area contributed by atoms with E-state index in [0.717, 1.165) is 0 Å². The van der Waals surface area contributed by atoms with Gasteiger partial charge in [0.15, 0.2) is 5.54 Å². The van der Waals surface area contributed by atoms with Crippen molar-refractivity contribution in [3.63, 3.8) is 0 Å². The van der Waals surface area contributed by atoms with Crippen molar-refractivity contribution in [1.82, 2.24) is 4.90 Å². The van der Waals surface area contributed by atoms with Crippen LogP contribution in [0, 0.1) is 5.82 Å². The van der Waals surface area contributed by atoms with Gasteiger partial charge in [0.05, 0.1) is 0 Å². The largest absolute Gasteiger partial charge is 0.508 e. The number of halogens is 1. The van der Waals surface area contributed by atoms with Crippen molar-refractivity contribution >= 4 is 17.7 Å². The number of aliphatic carboxylic acids is 1. The normalized spacial score (nSPS) is 16.8. The number of hydrogen-bond donors (Lipinski definition) is 2. The van der Waals surface area contributed by atoms with Gasteiger partial charge in [0, 0.05) is 18.8 Å². The Labute approximate surface area is 143 Å². The number of hydrogen-bond acceptors (Lipinski definition) is 3. The van der Waals surface area contributed by atoms with E-state index in [1.165, 1.54) is 59.2 Å². The minimum absolute atomic E-state index is 0.0768. The molecule has 0 spiro atoms. The summed E-state index contributed by atoms with van der Waals surface area (Å²) in [6, 6.07) is 10.8. The summed E-state index contributed by atoms with van der Waals surface area (Å²) >= 11 is 0. The van der Waals surface area contributed by atoms with Crippen molar-refractivity contribution in [3.8, 4) is 5.75 Å². The number of phenols is 1. The quantitative estimate of drug-likeness (QED) is 0.894. The van der Waals surface area contributed by atoms with Gasteiger partial charge in [-0.25, -0.2) is 14.0 Å². The van der Waals surface area contributed by atoms with Crippen LogP contribution in [0.1, 0.15) is 12.5 Å². The van der Waals surface area contributed by atoms with E-state index in [-0.39, 0.29) is 18.8 Å². The molecule has 0 bridgehead atoms. The first-order chi connectivity index (χ1) is 11.8. The molecule has 2 aromatic rings. The molecule has 7 heteroatoms. The first-order valence-corrected chi connectivity index (χ1v) is 7.71. The lowest BCUT2D eigenvalue weighted by molar-refractivity contribution is -0.148. The summed E-state index contributed by atoms with van der Waals surface area (Å²) < 4.78 is 13.1. The van der Waals surface area contributed by atoms with E-state index in [2.05, 4.69) is 0 Å². The van der Waals surface area contributed by atoms with Crippen LogP contribution in [0.2, 0.25) is 0 Å². The van der Waals surface area contributed by atoms with Crippen molar-refractivity contribution in [2.45, 2.75) is 12.5 Å². The Bertz CT molecular complexity index is 824. The van der Waals surface area contributed by atoms with E-state index >= 15 is 0 Å². The minimum atomic E-state index is -1.63. The van der Waals surface area contributed by atoms with E-state index in [1.807, 2.05) is 0 Å². The van der Waals surface area contributed by atoms with Gasteiger partial charge >= 0.3 is 12.0 Å². The molecule has 2 N–H and O–H groups in total. The Morgan fingerprint density at radius 2 is 1.84 bits per heavy atom. The number of aromatic hydroxyl groups is 1. The van der Waals surface area contributed by atoms with Gasteiger partial charge in [0.25, 0.3) is 0 Å². The molecule has 0 radical (unpaired) electrons. The molecule has 3 rings (SSSR count). The van der Waals surface area contributed by atoms with Crippen LogP contribution in [0.15, 0.2) is 48.5 Å². The highest BCUT2D eigenvalue weighted by Crippen LogP contribution is 2.35. The van der Waals surface area contributed by atoms with Gasteiger partial charge in [0.2, 0.25) is 0 Å². The molecule has 2 aromatic carbocycles. The fraction of sp³-hybridized carbons (Fsp3) is 0.222. The number of amides is 2. The van der Waals surface area contributed by atoms with Crippen LogP contribution in [-0.4, -0.2) is 40.2 Å². The van der Waals surface area contributed by atoms with Gasteiger partial charge < -0.3 is 15.1 Å². The average molecular weight is 344 g/mol. The van der Waals surface area contributed by atoms with Crippen LogP contribution in [0.5, 0.6) is 5.75 Å². The first-order valence-electron chi connectivity index (χ1n) is 7.71. The molecule has 1 heterocycles. The second-order valence-electron chi connectivity index (χ2n) is 5.99. The predicted octanol–water partition coefficient (Wildman–Crippen LogP) is 2.77. The molecule has 0 aromatic heterocycles. The highest BCUT2D eigenvalue weighted by Gasteiger charge is 2.48. The lowest BCUT2D eigenvalue weighted by atomic mass is 9.90. The Balaban J connectivity index is 1.97. The number of nitrogens with zero attached hydrogens (tertiary/aromatic N) is 2. The Morgan fingerprint density at radius 1 is 1.16 bits per heavy atom. The summed E-state index contributed by atoms with van der Waals surface area (Å²) in [5, 5.41) is 19.5. The molecule has 130 valence electrons. The number of carboxylic acid groups (broad SMARTS) is 1. The summed E-state index contributed by atoms with van der Waals surface area (Å²) in [5.74, 6) is -1.69. The maximum atomic E-state index is 13.1. The lowest BCUT2D eigenvalue weighted by Gasteiger charge is -2.35. The molecule has 1 unspecified atom stereocenters. The van der Waals surface area contributed by atoms with Crippen molar-refractivity contribution in [1.29, 1.82) is 0 Å². The maximum absolute atomic E-state index is 13.1. The van der Waals surface area contributed by atoms with Gasteiger partial charge in [-0.1, -0.05) is 12.1 Å². The molecular weight excluding hydrogens is 327 g/mol. The SMILES string of the molecule is CC(C(=O)O)(c1cccc(O)c1)N1CCN(c2ccc(F)cc2)C1=O. The fourth-order valence-electron chi connectivity index (χ4n) is 3.02.